The Hall–Kier alpha value is -2.40. The Morgan fingerprint density at radius 2 is 2.00 bits per heavy atom. The van der Waals surface area contributed by atoms with Gasteiger partial charge in [0.2, 0.25) is 0 Å². The quantitative estimate of drug-likeness (QED) is 0.669. The van der Waals surface area contributed by atoms with Gasteiger partial charge < -0.3 is 10.3 Å². The molecule has 5 heteroatoms. The lowest BCUT2D eigenvalue weighted by atomic mass is 10.1. The third kappa shape index (κ3) is 3.74. The lowest BCUT2D eigenvalue weighted by Crippen LogP contribution is -2.28. The average Bonchev–Trinajstić information content (AvgIpc) is 3.10. The molecule has 0 spiro atoms. The van der Waals surface area contributed by atoms with Gasteiger partial charge in [0.1, 0.15) is 5.82 Å². The van der Waals surface area contributed by atoms with Gasteiger partial charge >= 0.3 is 0 Å². The summed E-state index contributed by atoms with van der Waals surface area (Å²) in [4.78, 5) is 20.2. The van der Waals surface area contributed by atoms with Crippen LogP contribution < -0.4 is 5.32 Å². The van der Waals surface area contributed by atoms with Crippen molar-refractivity contribution >= 4 is 21.8 Å². The molecule has 1 aromatic heterocycles. The Bertz CT molecular complexity index is 829. The molecule has 4 nitrogen and oxygen atoms in total. The molecule has 3 aromatic rings. The molecule has 2 aromatic carbocycles. The fraction of sp³-hybridized carbons (Fsp3) is 0.158. The van der Waals surface area contributed by atoms with Crippen LogP contribution in [0.2, 0.25) is 0 Å². The maximum Gasteiger partial charge on any atom is 0.251 e. The fourth-order valence-electron chi connectivity index (χ4n) is 2.51. The standard InChI is InChI=1S/C19H18BrN3O/c1-2-16(23-19(24)14-9-6-10-15(20)11-14)18-21-12-17(22-18)13-7-4-3-5-8-13/h3-12,16H,2H2,1H3,(H,21,22)(H,23,24). The first-order chi connectivity index (χ1) is 11.7. The molecule has 2 N–H and O–H groups in total. The molecule has 3 rings (SSSR count). The van der Waals surface area contributed by atoms with Crippen molar-refractivity contribution in [2.45, 2.75) is 19.4 Å². The van der Waals surface area contributed by atoms with Crippen molar-refractivity contribution in [3.63, 3.8) is 0 Å². The number of rotatable bonds is 5. The van der Waals surface area contributed by atoms with Gasteiger partial charge in [0, 0.05) is 10.0 Å². The molecule has 0 radical (unpaired) electrons. The molecule has 0 saturated carbocycles. The Balaban J connectivity index is 1.77. The second kappa shape index (κ2) is 7.45. The molecule has 0 saturated heterocycles. The number of nitrogens with one attached hydrogen (secondary N) is 2. The van der Waals surface area contributed by atoms with Crippen molar-refractivity contribution in [2.24, 2.45) is 0 Å². The summed E-state index contributed by atoms with van der Waals surface area (Å²) in [7, 11) is 0. The fourth-order valence-corrected chi connectivity index (χ4v) is 2.91. The molecular weight excluding hydrogens is 366 g/mol. The van der Waals surface area contributed by atoms with Crippen molar-refractivity contribution in [3.8, 4) is 11.3 Å². The van der Waals surface area contributed by atoms with Crippen molar-refractivity contribution in [2.75, 3.05) is 0 Å². The van der Waals surface area contributed by atoms with Crippen molar-refractivity contribution < 1.29 is 4.79 Å². The summed E-state index contributed by atoms with van der Waals surface area (Å²) in [6, 6.07) is 17.2. The topological polar surface area (TPSA) is 57.8 Å². The zero-order chi connectivity index (χ0) is 16.9. The molecule has 1 atom stereocenters. The van der Waals surface area contributed by atoms with E-state index in [0.29, 0.717) is 5.56 Å². The molecule has 0 bridgehead atoms. The molecule has 0 aliphatic rings. The van der Waals surface area contributed by atoms with E-state index in [2.05, 4.69) is 31.2 Å². The predicted molar refractivity (Wildman–Crippen MR) is 98.7 cm³/mol. The van der Waals surface area contributed by atoms with Gasteiger partial charge in [-0.25, -0.2) is 4.98 Å². The Morgan fingerprint density at radius 1 is 1.21 bits per heavy atom. The molecule has 1 amide bonds. The van der Waals surface area contributed by atoms with Gasteiger partial charge in [-0.3, -0.25) is 4.79 Å². The number of benzene rings is 2. The summed E-state index contributed by atoms with van der Waals surface area (Å²) in [6.07, 6.45) is 2.56. The highest BCUT2D eigenvalue weighted by molar-refractivity contribution is 9.10. The van der Waals surface area contributed by atoms with Crippen molar-refractivity contribution in [3.05, 3.63) is 76.7 Å². The van der Waals surface area contributed by atoms with E-state index in [1.807, 2.05) is 49.4 Å². The maximum absolute atomic E-state index is 12.4. The monoisotopic (exact) mass is 383 g/mol. The van der Waals surface area contributed by atoms with Crippen LogP contribution in [0.1, 0.15) is 35.6 Å². The zero-order valence-electron chi connectivity index (χ0n) is 13.3. The number of halogens is 1. The number of carbonyl (C=O) groups excluding carboxylic acids is 1. The summed E-state index contributed by atoms with van der Waals surface area (Å²) in [5.74, 6) is 0.653. The number of carbonyl (C=O) groups is 1. The van der Waals surface area contributed by atoms with Gasteiger partial charge in [-0.15, -0.1) is 0 Å². The minimum absolute atomic E-state index is 0.110. The Labute approximate surface area is 149 Å². The predicted octanol–water partition coefficient (Wildman–Crippen LogP) is 4.72. The summed E-state index contributed by atoms with van der Waals surface area (Å²) >= 11 is 3.39. The van der Waals surface area contributed by atoms with Gasteiger partial charge in [-0.05, 0) is 30.2 Å². The smallest absolute Gasteiger partial charge is 0.251 e. The van der Waals surface area contributed by atoms with Gasteiger partial charge in [-0.1, -0.05) is 59.3 Å². The molecule has 0 aliphatic heterocycles. The number of aromatic amines is 1. The van der Waals surface area contributed by atoms with E-state index in [-0.39, 0.29) is 11.9 Å². The van der Waals surface area contributed by atoms with Crippen LogP contribution in [0.5, 0.6) is 0 Å². The lowest BCUT2D eigenvalue weighted by Gasteiger charge is -2.15. The van der Waals surface area contributed by atoms with Crippen LogP contribution in [0, 0.1) is 0 Å². The van der Waals surface area contributed by atoms with Crippen molar-refractivity contribution in [1.82, 2.24) is 15.3 Å². The van der Waals surface area contributed by atoms with E-state index in [0.717, 1.165) is 28.0 Å². The van der Waals surface area contributed by atoms with E-state index in [1.54, 1.807) is 18.3 Å². The Kier molecular flexibility index (Phi) is 5.11. The molecular formula is C19H18BrN3O. The number of hydrogen-bond acceptors (Lipinski definition) is 2. The number of amides is 1. The van der Waals surface area contributed by atoms with Crippen LogP contribution in [0.25, 0.3) is 11.3 Å². The van der Waals surface area contributed by atoms with E-state index in [1.165, 1.54) is 0 Å². The first kappa shape index (κ1) is 16.5. The van der Waals surface area contributed by atoms with Crippen molar-refractivity contribution in [1.29, 1.82) is 0 Å². The molecule has 0 fully saturated rings. The summed E-state index contributed by atoms with van der Waals surface area (Å²) < 4.78 is 0.882. The minimum Gasteiger partial charge on any atom is -0.342 e. The van der Waals surface area contributed by atoms with Crippen LogP contribution in [0.3, 0.4) is 0 Å². The first-order valence-corrected chi connectivity index (χ1v) is 8.63. The number of hydrogen-bond donors (Lipinski definition) is 2. The van der Waals surface area contributed by atoms with Crippen LogP contribution in [-0.2, 0) is 0 Å². The third-order valence-corrected chi connectivity index (χ3v) is 4.30. The van der Waals surface area contributed by atoms with Gasteiger partial charge in [0.15, 0.2) is 0 Å². The zero-order valence-corrected chi connectivity index (χ0v) is 14.9. The molecule has 1 heterocycles. The summed E-state index contributed by atoms with van der Waals surface area (Å²) in [6.45, 7) is 2.02. The highest BCUT2D eigenvalue weighted by Gasteiger charge is 2.17. The number of imidazole rings is 1. The van der Waals surface area contributed by atoms with Crippen LogP contribution in [0.4, 0.5) is 0 Å². The molecule has 0 aliphatic carbocycles. The van der Waals surface area contributed by atoms with E-state index in [9.17, 15) is 4.79 Å². The minimum atomic E-state index is -0.158. The third-order valence-electron chi connectivity index (χ3n) is 3.81. The number of H-pyrrole nitrogens is 1. The van der Waals surface area contributed by atoms with Gasteiger partial charge in [-0.2, -0.15) is 0 Å². The normalized spacial score (nSPS) is 11.9. The summed E-state index contributed by atoms with van der Waals surface area (Å²) in [5.41, 5.74) is 2.64. The maximum atomic E-state index is 12.4. The summed E-state index contributed by atoms with van der Waals surface area (Å²) in [5, 5.41) is 3.04. The number of aromatic nitrogens is 2. The second-order valence-corrected chi connectivity index (χ2v) is 6.41. The average molecular weight is 384 g/mol. The highest BCUT2D eigenvalue weighted by Crippen LogP contribution is 2.21. The molecule has 122 valence electrons. The lowest BCUT2D eigenvalue weighted by molar-refractivity contribution is 0.0934. The molecule has 1 unspecified atom stereocenters. The largest absolute Gasteiger partial charge is 0.342 e. The van der Waals surface area contributed by atoms with Crippen LogP contribution >= 0.6 is 15.9 Å². The van der Waals surface area contributed by atoms with Gasteiger partial charge in [0.25, 0.3) is 5.91 Å². The SMILES string of the molecule is CCC(NC(=O)c1cccc(Br)c1)c1ncc(-c2ccccc2)[nH]1. The Morgan fingerprint density at radius 3 is 2.71 bits per heavy atom. The second-order valence-electron chi connectivity index (χ2n) is 5.49. The van der Waals surface area contributed by atoms with Gasteiger partial charge in [0.05, 0.1) is 17.9 Å². The first-order valence-electron chi connectivity index (χ1n) is 7.84. The van der Waals surface area contributed by atoms with E-state index in [4.69, 9.17) is 0 Å². The van der Waals surface area contributed by atoms with Crippen LogP contribution in [-0.4, -0.2) is 15.9 Å². The van der Waals surface area contributed by atoms with E-state index >= 15 is 0 Å². The number of nitrogens with zero attached hydrogens (tertiary/aromatic N) is 1. The highest BCUT2D eigenvalue weighted by atomic mass is 79.9. The molecule has 24 heavy (non-hydrogen) atoms. The van der Waals surface area contributed by atoms with E-state index < -0.39 is 0 Å². The van der Waals surface area contributed by atoms with Crippen LogP contribution in [0.15, 0.2) is 65.3 Å².